The molecular weight excluding hydrogens is 288 g/mol. The van der Waals surface area contributed by atoms with Crippen molar-refractivity contribution in [1.82, 2.24) is 30.5 Å². The van der Waals surface area contributed by atoms with Gasteiger partial charge in [-0.1, -0.05) is 26.0 Å². The Morgan fingerprint density at radius 1 is 1.43 bits per heavy atom. The van der Waals surface area contributed by atoms with Crippen LogP contribution in [0, 0.1) is 5.92 Å². The Bertz CT molecular complexity index is 579. The van der Waals surface area contributed by atoms with Gasteiger partial charge in [0.05, 0.1) is 5.01 Å². The molecule has 0 aliphatic carbocycles. The van der Waals surface area contributed by atoms with Gasteiger partial charge in [0.2, 0.25) is 0 Å². The monoisotopic (exact) mass is 308 g/mol. The SMILES string of the molecule is CC(C)Cc1nc(C(=O)N(C)C[C@H](C)c2nn[nH]n2)cs1. The van der Waals surface area contributed by atoms with E-state index in [9.17, 15) is 4.79 Å². The second-order valence-corrected chi connectivity index (χ2v) is 6.52. The fourth-order valence-corrected chi connectivity index (χ4v) is 2.98. The molecule has 0 fully saturated rings. The molecule has 0 spiro atoms. The van der Waals surface area contributed by atoms with E-state index in [2.05, 4.69) is 39.5 Å². The highest BCUT2D eigenvalue weighted by molar-refractivity contribution is 7.09. The maximum absolute atomic E-state index is 12.4. The molecule has 7 nitrogen and oxygen atoms in total. The number of aromatic nitrogens is 5. The zero-order valence-corrected chi connectivity index (χ0v) is 13.5. The lowest BCUT2D eigenvalue weighted by atomic mass is 10.1. The molecule has 0 radical (unpaired) electrons. The van der Waals surface area contributed by atoms with Crippen LogP contribution in [0.2, 0.25) is 0 Å². The molecule has 0 aromatic carbocycles. The van der Waals surface area contributed by atoms with Crippen LogP contribution >= 0.6 is 11.3 Å². The van der Waals surface area contributed by atoms with Gasteiger partial charge in [-0.25, -0.2) is 4.98 Å². The molecule has 0 unspecified atom stereocenters. The van der Waals surface area contributed by atoms with Gasteiger partial charge < -0.3 is 4.90 Å². The van der Waals surface area contributed by atoms with Gasteiger partial charge >= 0.3 is 0 Å². The van der Waals surface area contributed by atoms with Crippen LogP contribution in [0.25, 0.3) is 0 Å². The van der Waals surface area contributed by atoms with E-state index in [1.807, 2.05) is 12.3 Å². The molecule has 0 saturated carbocycles. The van der Waals surface area contributed by atoms with Crippen molar-refractivity contribution in [2.75, 3.05) is 13.6 Å². The number of tetrazole rings is 1. The van der Waals surface area contributed by atoms with Crippen molar-refractivity contribution >= 4 is 17.2 Å². The molecular formula is C13H20N6OS. The van der Waals surface area contributed by atoms with E-state index >= 15 is 0 Å². The highest BCUT2D eigenvalue weighted by Crippen LogP contribution is 2.17. The Hall–Kier alpha value is -1.83. The molecule has 2 aromatic heterocycles. The minimum Gasteiger partial charge on any atom is -0.340 e. The lowest BCUT2D eigenvalue weighted by Gasteiger charge is -2.18. The topological polar surface area (TPSA) is 87.7 Å². The highest BCUT2D eigenvalue weighted by atomic mass is 32.1. The first kappa shape index (κ1) is 15.6. The minimum absolute atomic E-state index is 0.0199. The van der Waals surface area contributed by atoms with Crippen molar-refractivity contribution in [2.24, 2.45) is 5.92 Å². The molecule has 0 bridgehead atoms. The summed E-state index contributed by atoms with van der Waals surface area (Å²) in [7, 11) is 1.76. The molecule has 0 aliphatic heterocycles. The number of likely N-dealkylation sites (N-methyl/N-ethyl adjacent to an activating group) is 1. The van der Waals surface area contributed by atoms with Crippen LogP contribution in [0.15, 0.2) is 5.38 Å². The standard InChI is InChI=1S/C13H20N6OS/c1-8(2)5-11-14-10(7-21-11)13(20)19(4)6-9(3)12-15-17-18-16-12/h7-9H,5-6H2,1-4H3,(H,15,16,17,18)/t9-/m0/s1. The first-order chi connectivity index (χ1) is 9.97. The zero-order chi connectivity index (χ0) is 15.4. The Morgan fingerprint density at radius 2 is 2.19 bits per heavy atom. The van der Waals surface area contributed by atoms with E-state index in [1.54, 1.807) is 23.3 Å². The zero-order valence-electron chi connectivity index (χ0n) is 12.7. The van der Waals surface area contributed by atoms with E-state index in [1.165, 1.54) is 0 Å². The van der Waals surface area contributed by atoms with Crippen LogP contribution in [0.1, 0.15) is 48.0 Å². The summed E-state index contributed by atoms with van der Waals surface area (Å²) < 4.78 is 0. The van der Waals surface area contributed by atoms with E-state index in [0.29, 0.717) is 24.0 Å². The van der Waals surface area contributed by atoms with Crippen molar-refractivity contribution in [3.63, 3.8) is 0 Å². The molecule has 114 valence electrons. The van der Waals surface area contributed by atoms with Crippen LogP contribution in [-0.2, 0) is 6.42 Å². The average molecular weight is 308 g/mol. The van der Waals surface area contributed by atoms with Gasteiger partial charge in [-0.3, -0.25) is 4.79 Å². The summed E-state index contributed by atoms with van der Waals surface area (Å²) >= 11 is 1.54. The number of H-pyrrole nitrogens is 1. The molecule has 2 rings (SSSR count). The molecule has 2 heterocycles. The maximum atomic E-state index is 12.4. The summed E-state index contributed by atoms with van der Waals surface area (Å²) in [5.41, 5.74) is 0.512. The number of hydrogen-bond acceptors (Lipinski definition) is 6. The lowest BCUT2D eigenvalue weighted by molar-refractivity contribution is 0.0782. The summed E-state index contributed by atoms with van der Waals surface area (Å²) in [5.74, 6) is 1.09. The van der Waals surface area contributed by atoms with E-state index < -0.39 is 0 Å². The second-order valence-electron chi connectivity index (χ2n) is 5.58. The van der Waals surface area contributed by atoms with Crippen molar-refractivity contribution in [2.45, 2.75) is 33.1 Å². The minimum atomic E-state index is -0.0726. The van der Waals surface area contributed by atoms with Gasteiger partial charge in [-0.05, 0) is 5.92 Å². The van der Waals surface area contributed by atoms with Crippen molar-refractivity contribution in [3.8, 4) is 0 Å². The average Bonchev–Trinajstić information content (AvgIpc) is 3.07. The Balaban J connectivity index is 1.97. The number of amides is 1. The fraction of sp³-hybridized carbons (Fsp3) is 0.615. The first-order valence-corrected chi connectivity index (χ1v) is 7.78. The Morgan fingerprint density at radius 3 is 2.81 bits per heavy atom. The van der Waals surface area contributed by atoms with Crippen molar-refractivity contribution in [3.05, 3.63) is 21.9 Å². The van der Waals surface area contributed by atoms with Gasteiger partial charge in [-0.2, -0.15) is 5.21 Å². The number of thiazole rings is 1. The molecule has 8 heteroatoms. The predicted molar refractivity (Wildman–Crippen MR) is 80.2 cm³/mol. The van der Waals surface area contributed by atoms with Gasteiger partial charge in [0.25, 0.3) is 5.91 Å². The molecule has 0 aliphatic rings. The smallest absolute Gasteiger partial charge is 0.273 e. The summed E-state index contributed by atoms with van der Waals surface area (Å²) in [6.07, 6.45) is 0.904. The number of nitrogens with one attached hydrogen (secondary N) is 1. The molecule has 0 saturated heterocycles. The van der Waals surface area contributed by atoms with Crippen LogP contribution in [0.5, 0.6) is 0 Å². The fourth-order valence-electron chi connectivity index (χ4n) is 2.00. The number of hydrogen-bond donors (Lipinski definition) is 1. The molecule has 2 aromatic rings. The third-order valence-corrected chi connectivity index (χ3v) is 3.92. The highest BCUT2D eigenvalue weighted by Gasteiger charge is 2.20. The Labute approximate surface area is 127 Å². The quantitative estimate of drug-likeness (QED) is 0.878. The van der Waals surface area contributed by atoms with Crippen LogP contribution in [-0.4, -0.2) is 50.0 Å². The largest absolute Gasteiger partial charge is 0.340 e. The number of aromatic amines is 1. The van der Waals surface area contributed by atoms with Gasteiger partial charge in [0, 0.05) is 31.3 Å². The van der Waals surface area contributed by atoms with Crippen molar-refractivity contribution < 1.29 is 4.79 Å². The molecule has 1 amide bonds. The van der Waals surface area contributed by atoms with E-state index in [0.717, 1.165) is 11.4 Å². The third-order valence-electron chi connectivity index (χ3n) is 3.05. The van der Waals surface area contributed by atoms with E-state index in [-0.39, 0.29) is 11.8 Å². The van der Waals surface area contributed by atoms with Gasteiger partial charge in [-0.15, -0.1) is 21.5 Å². The number of carbonyl (C=O) groups excluding carboxylic acids is 1. The summed E-state index contributed by atoms with van der Waals surface area (Å²) in [6.45, 7) is 6.76. The third kappa shape index (κ3) is 4.07. The van der Waals surface area contributed by atoms with Gasteiger partial charge in [0.1, 0.15) is 5.69 Å². The molecule has 1 atom stereocenters. The summed E-state index contributed by atoms with van der Waals surface area (Å²) in [4.78, 5) is 18.4. The maximum Gasteiger partial charge on any atom is 0.273 e. The van der Waals surface area contributed by atoms with Crippen LogP contribution in [0.4, 0.5) is 0 Å². The number of carbonyl (C=O) groups is 1. The van der Waals surface area contributed by atoms with Crippen molar-refractivity contribution in [1.29, 1.82) is 0 Å². The van der Waals surface area contributed by atoms with Gasteiger partial charge in [0.15, 0.2) is 5.82 Å². The van der Waals surface area contributed by atoms with E-state index in [4.69, 9.17) is 0 Å². The van der Waals surface area contributed by atoms with Crippen LogP contribution < -0.4 is 0 Å². The summed E-state index contributed by atoms with van der Waals surface area (Å²) in [5, 5.41) is 16.7. The Kier molecular flexibility index (Phi) is 5.00. The first-order valence-electron chi connectivity index (χ1n) is 6.90. The lowest BCUT2D eigenvalue weighted by Crippen LogP contribution is -2.31. The number of nitrogens with zero attached hydrogens (tertiary/aromatic N) is 5. The number of rotatable bonds is 6. The second kappa shape index (κ2) is 6.75. The molecule has 1 N–H and O–H groups in total. The predicted octanol–water partition coefficient (Wildman–Crippen LogP) is 1.73. The normalized spacial score (nSPS) is 12.6. The van der Waals surface area contributed by atoms with Crippen LogP contribution in [0.3, 0.4) is 0 Å². The summed E-state index contributed by atoms with van der Waals surface area (Å²) in [6, 6.07) is 0. The molecule has 21 heavy (non-hydrogen) atoms.